The molecule has 0 fully saturated rings. The van der Waals surface area contributed by atoms with Crippen LogP contribution in [0.4, 0.5) is 0 Å². The van der Waals surface area contributed by atoms with Gasteiger partial charge in [-0.1, -0.05) is 36.4 Å². The van der Waals surface area contributed by atoms with Crippen LogP contribution >= 0.6 is 0 Å². The SMILES string of the molecule is NNC(CCCc1ccccc1)CCc1cccnc1. The molecule has 1 aromatic carbocycles. The van der Waals surface area contributed by atoms with Gasteiger partial charge in [0.1, 0.15) is 0 Å². The highest BCUT2D eigenvalue weighted by Gasteiger charge is 2.07. The van der Waals surface area contributed by atoms with Gasteiger partial charge in [-0.25, -0.2) is 0 Å². The molecular weight excluding hydrogens is 246 g/mol. The molecule has 3 heteroatoms. The van der Waals surface area contributed by atoms with Gasteiger partial charge in [0.15, 0.2) is 0 Å². The summed E-state index contributed by atoms with van der Waals surface area (Å²) in [5.41, 5.74) is 5.61. The molecule has 1 aromatic heterocycles. The first-order valence-electron chi connectivity index (χ1n) is 7.27. The molecular formula is C17H23N3. The first-order valence-corrected chi connectivity index (χ1v) is 7.27. The summed E-state index contributed by atoms with van der Waals surface area (Å²) < 4.78 is 0. The average Bonchev–Trinajstić information content (AvgIpc) is 2.52. The summed E-state index contributed by atoms with van der Waals surface area (Å²) in [6, 6.07) is 15.1. The van der Waals surface area contributed by atoms with Gasteiger partial charge in [-0.15, -0.1) is 0 Å². The van der Waals surface area contributed by atoms with Gasteiger partial charge in [0.25, 0.3) is 0 Å². The predicted octanol–water partition coefficient (Wildman–Crippen LogP) is 2.87. The molecule has 2 aromatic rings. The highest BCUT2D eigenvalue weighted by atomic mass is 15.2. The van der Waals surface area contributed by atoms with Crippen molar-refractivity contribution in [3.05, 3.63) is 66.0 Å². The molecule has 1 heterocycles. The smallest absolute Gasteiger partial charge is 0.0299 e. The van der Waals surface area contributed by atoms with Crippen LogP contribution in [0.15, 0.2) is 54.9 Å². The third-order valence-corrected chi connectivity index (χ3v) is 3.60. The highest BCUT2D eigenvalue weighted by molar-refractivity contribution is 5.14. The maximum absolute atomic E-state index is 5.65. The minimum Gasteiger partial charge on any atom is -0.271 e. The number of hydrogen-bond acceptors (Lipinski definition) is 3. The van der Waals surface area contributed by atoms with Gasteiger partial charge in [-0.3, -0.25) is 16.3 Å². The lowest BCUT2D eigenvalue weighted by molar-refractivity contribution is 0.451. The van der Waals surface area contributed by atoms with E-state index in [9.17, 15) is 0 Å². The van der Waals surface area contributed by atoms with Crippen LogP contribution < -0.4 is 11.3 Å². The first kappa shape index (κ1) is 14.7. The largest absolute Gasteiger partial charge is 0.271 e. The highest BCUT2D eigenvalue weighted by Crippen LogP contribution is 2.10. The fourth-order valence-electron chi connectivity index (χ4n) is 2.40. The van der Waals surface area contributed by atoms with E-state index in [-0.39, 0.29) is 0 Å². The Balaban J connectivity index is 1.70. The second-order valence-corrected chi connectivity index (χ2v) is 5.14. The zero-order chi connectivity index (χ0) is 14.0. The van der Waals surface area contributed by atoms with Crippen LogP contribution in [0, 0.1) is 0 Å². The van der Waals surface area contributed by atoms with Crippen molar-refractivity contribution in [2.24, 2.45) is 5.84 Å². The van der Waals surface area contributed by atoms with E-state index >= 15 is 0 Å². The zero-order valence-electron chi connectivity index (χ0n) is 11.8. The molecule has 1 unspecified atom stereocenters. The van der Waals surface area contributed by atoms with Crippen molar-refractivity contribution in [2.75, 3.05) is 0 Å². The molecule has 0 radical (unpaired) electrons. The molecule has 3 N–H and O–H groups in total. The molecule has 0 saturated carbocycles. The van der Waals surface area contributed by atoms with Crippen LogP contribution in [-0.2, 0) is 12.8 Å². The van der Waals surface area contributed by atoms with Gasteiger partial charge < -0.3 is 0 Å². The number of benzene rings is 1. The second-order valence-electron chi connectivity index (χ2n) is 5.14. The summed E-state index contributed by atoms with van der Waals surface area (Å²) in [6.07, 6.45) is 9.19. The number of nitrogens with two attached hydrogens (primary N) is 1. The molecule has 106 valence electrons. The lowest BCUT2D eigenvalue weighted by Gasteiger charge is -2.15. The van der Waals surface area contributed by atoms with Crippen LogP contribution in [0.1, 0.15) is 30.4 Å². The third kappa shape index (κ3) is 5.11. The number of aryl methyl sites for hydroxylation is 2. The summed E-state index contributed by atoms with van der Waals surface area (Å²) in [4.78, 5) is 4.14. The number of nitrogens with one attached hydrogen (secondary N) is 1. The van der Waals surface area contributed by atoms with Crippen molar-refractivity contribution in [3.63, 3.8) is 0 Å². The summed E-state index contributed by atoms with van der Waals surface area (Å²) in [7, 11) is 0. The second kappa shape index (κ2) is 8.46. The van der Waals surface area contributed by atoms with Crippen LogP contribution in [0.3, 0.4) is 0 Å². The van der Waals surface area contributed by atoms with Gasteiger partial charge in [0.2, 0.25) is 0 Å². The topological polar surface area (TPSA) is 50.9 Å². The van der Waals surface area contributed by atoms with E-state index in [1.54, 1.807) is 0 Å². The van der Waals surface area contributed by atoms with E-state index in [0.29, 0.717) is 6.04 Å². The van der Waals surface area contributed by atoms with Gasteiger partial charge in [-0.2, -0.15) is 0 Å². The number of nitrogens with zero attached hydrogens (tertiary/aromatic N) is 1. The van der Waals surface area contributed by atoms with Crippen LogP contribution in [0.5, 0.6) is 0 Å². The normalized spacial score (nSPS) is 12.2. The Kier molecular flexibility index (Phi) is 6.21. The van der Waals surface area contributed by atoms with Crippen LogP contribution in [0.25, 0.3) is 0 Å². The van der Waals surface area contributed by atoms with Crippen molar-refractivity contribution in [1.82, 2.24) is 10.4 Å². The summed E-state index contributed by atoms with van der Waals surface area (Å²) >= 11 is 0. The minimum atomic E-state index is 0.374. The molecule has 0 aliphatic heterocycles. The molecule has 0 amide bonds. The Morgan fingerprint density at radius 1 is 0.950 bits per heavy atom. The Bertz CT molecular complexity index is 470. The third-order valence-electron chi connectivity index (χ3n) is 3.60. The van der Waals surface area contributed by atoms with E-state index in [4.69, 9.17) is 5.84 Å². The molecule has 3 nitrogen and oxygen atoms in total. The molecule has 2 rings (SSSR count). The van der Waals surface area contributed by atoms with Gasteiger partial charge in [0, 0.05) is 18.4 Å². The van der Waals surface area contributed by atoms with Crippen LogP contribution in [0.2, 0.25) is 0 Å². The number of rotatable bonds is 8. The molecule has 1 atom stereocenters. The Hall–Kier alpha value is -1.71. The summed E-state index contributed by atoms with van der Waals surface area (Å²) in [6.45, 7) is 0. The quantitative estimate of drug-likeness (QED) is 0.572. The van der Waals surface area contributed by atoms with E-state index in [1.807, 2.05) is 18.5 Å². The average molecular weight is 269 g/mol. The molecule has 0 aliphatic carbocycles. The van der Waals surface area contributed by atoms with E-state index in [0.717, 1.165) is 32.1 Å². The van der Waals surface area contributed by atoms with Crippen LogP contribution in [-0.4, -0.2) is 11.0 Å². The van der Waals surface area contributed by atoms with Crippen molar-refractivity contribution < 1.29 is 0 Å². The van der Waals surface area contributed by atoms with E-state index < -0.39 is 0 Å². The summed E-state index contributed by atoms with van der Waals surface area (Å²) in [5.74, 6) is 5.65. The zero-order valence-corrected chi connectivity index (χ0v) is 11.8. The number of hydrogen-bond donors (Lipinski definition) is 2. The maximum Gasteiger partial charge on any atom is 0.0299 e. The predicted molar refractivity (Wildman–Crippen MR) is 83.0 cm³/mol. The van der Waals surface area contributed by atoms with Crippen molar-refractivity contribution in [3.8, 4) is 0 Å². The lowest BCUT2D eigenvalue weighted by atomic mass is 10.0. The van der Waals surface area contributed by atoms with E-state index in [2.05, 4.69) is 46.8 Å². The van der Waals surface area contributed by atoms with Gasteiger partial charge >= 0.3 is 0 Å². The van der Waals surface area contributed by atoms with Gasteiger partial charge in [-0.05, 0) is 49.3 Å². The van der Waals surface area contributed by atoms with Crippen molar-refractivity contribution in [2.45, 2.75) is 38.1 Å². The molecule has 0 saturated heterocycles. The number of pyridine rings is 1. The van der Waals surface area contributed by atoms with Crippen molar-refractivity contribution >= 4 is 0 Å². The van der Waals surface area contributed by atoms with E-state index in [1.165, 1.54) is 11.1 Å². The number of hydrazine groups is 1. The Morgan fingerprint density at radius 3 is 2.45 bits per heavy atom. The minimum absolute atomic E-state index is 0.374. The summed E-state index contributed by atoms with van der Waals surface area (Å²) in [5, 5.41) is 0. The lowest BCUT2D eigenvalue weighted by Crippen LogP contribution is -2.35. The fraction of sp³-hybridized carbons (Fsp3) is 0.353. The number of aromatic nitrogens is 1. The van der Waals surface area contributed by atoms with Gasteiger partial charge in [0.05, 0.1) is 0 Å². The maximum atomic E-state index is 5.65. The first-order chi connectivity index (χ1) is 9.88. The standard InChI is InChI=1S/C17H23N3/c18-20-17(12-11-16-9-5-13-19-14-16)10-4-8-15-6-2-1-3-7-15/h1-3,5-7,9,13-14,17,20H,4,8,10-12,18H2. The monoisotopic (exact) mass is 269 g/mol. The molecule has 0 aliphatic rings. The van der Waals surface area contributed by atoms with Crippen molar-refractivity contribution in [1.29, 1.82) is 0 Å². The Labute approximate surface area is 121 Å². The Morgan fingerprint density at radius 2 is 1.75 bits per heavy atom. The molecule has 0 bridgehead atoms. The molecule has 20 heavy (non-hydrogen) atoms. The molecule has 0 spiro atoms. The fourth-order valence-corrected chi connectivity index (χ4v) is 2.40.